The lowest BCUT2D eigenvalue weighted by Crippen LogP contribution is -2.47. The molecule has 1 heterocycles. The van der Waals surface area contributed by atoms with Crippen molar-refractivity contribution in [2.24, 2.45) is 5.92 Å². The zero-order valence-electron chi connectivity index (χ0n) is 10.9. The molecule has 1 N–H and O–H groups in total. The number of nitrogens with one attached hydrogen (secondary N) is 1. The molecule has 1 aliphatic carbocycles. The molecule has 2 aliphatic rings. The lowest BCUT2D eigenvalue weighted by Gasteiger charge is -2.40. The predicted octanol–water partition coefficient (Wildman–Crippen LogP) is 1.48. The second-order valence-electron chi connectivity index (χ2n) is 5.70. The van der Waals surface area contributed by atoms with Gasteiger partial charge in [-0.1, -0.05) is 13.8 Å². The maximum Gasteiger partial charge on any atom is 0.0601 e. The van der Waals surface area contributed by atoms with E-state index in [1.165, 1.54) is 38.9 Å². The summed E-state index contributed by atoms with van der Waals surface area (Å²) < 4.78 is 5.34. The van der Waals surface area contributed by atoms with Gasteiger partial charge in [-0.2, -0.15) is 0 Å². The minimum Gasteiger partial charge on any atom is -0.381 e. The molecule has 1 aliphatic heterocycles. The van der Waals surface area contributed by atoms with Crippen molar-refractivity contribution in [2.45, 2.75) is 51.3 Å². The number of methoxy groups -OCH3 is 1. The van der Waals surface area contributed by atoms with E-state index in [-0.39, 0.29) is 0 Å². The van der Waals surface area contributed by atoms with Crippen molar-refractivity contribution in [3.63, 3.8) is 0 Å². The first kappa shape index (κ1) is 12.3. The Morgan fingerprint density at radius 3 is 2.75 bits per heavy atom. The highest BCUT2D eigenvalue weighted by Crippen LogP contribution is 2.31. The van der Waals surface area contributed by atoms with Crippen LogP contribution in [0.2, 0.25) is 0 Å². The third kappa shape index (κ3) is 2.96. The molecule has 1 atom stereocenters. The largest absolute Gasteiger partial charge is 0.381 e. The fraction of sp³-hybridized carbons (Fsp3) is 1.00. The SMILES string of the molecule is COC1CC(N2CCC(CNC(C)C)C2)C1. The van der Waals surface area contributed by atoms with E-state index in [2.05, 4.69) is 24.1 Å². The van der Waals surface area contributed by atoms with E-state index in [9.17, 15) is 0 Å². The molecule has 1 saturated carbocycles. The third-order valence-electron chi connectivity index (χ3n) is 4.05. The number of hydrogen-bond acceptors (Lipinski definition) is 3. The van der Waals surface area contributed by atoms with Crippen molar-refractivity contribution in [2.75, 3.05) is 26.7 Å². The molecule has 94 valence electrons. The van der Waals surface area contributed by atoms with Crippen LogP contribution in [0.4, 0.5) is 0 Å². The molecule has 0 aromatic heterocycles. The molecule has 2 rings (SSSR count). The second-order valence-corrected chi connectivity index (χ2v) is 5.70. The fourth-order valence-electron chi connectivity index (χ4n) is 2.79. The van der Waals surface area contributed by atoms with Crippen molar-refractivity contribution in [1.82, 2.24) is 10.2 Å². The standard InChI is InChI=1S/C13H26N2O/c1-10(2)14-8-11-4-5-15(9-11)12-6-13(7-12)16-3/h10-14H,4-9H2,1-3H3. The molecule has 0 spiro atoms. The average molecular weight is 226 g/mol. The molecule has 3 heteroatoms. The van der Waals surface area contributed by atoms with Gasteiger partial charge < -0.3 is 10.1 Å². The highest BCUT2D eigenvalue weighted by atomic mass is 16.5. The van der Waals surface area contributed by atoms with E-state index in [0.29, 0.717) is 12.1 Å². The molecule has 0 radical (unpaired) electrons. The predicted molar refractivity (Wildman–Crippen MR) is 66.6 cm³/mol. The number of hydrogen-bond donors (Lipinski definition) is 1. The Bertz CT molecular complexity index is 214. The Morgan fingerprint density at radius 1 is 1.38 bits per heavy atom. The zero-order chi connectivity index (χ0) is 11.5. The monoisotopic (exact) mass is 226 g/mol. The first-order chi connectivity index (χ1) is 7.69. The molecule has 1 unspecified atom stereocenters. The summed E-state index contributed by atoms with van der Waals surface area (Å²) in [5, 5.41) is 3.55. The number of likely N-dealkylation sites (tertiary alicyclic amines) is 1. The van der Waals surface area contributed by atoms with Crippen LogP contribution in [-0.4, -0.2) is 49.8 Å². The maximum absolute atomic E-state index is 5.34. The van der Waals surface area contributed by atoms with Crippen LogP contribution >= 0.6 is 0 Å². The molecule has 1 saturated heterocycles. The molecule has 3 nitrogen and oxygen atoms in total. The molecule has 0 aromatic carbocycles. The lowest BCUT2D eigenvalue weighted by molar-refractivity contribution is -0.0211. The Balaban J connectivity index is 1.64. The molecule has 0 aromatic rings. The van der Waals surface area contributed by atoms with E-state index in [1.807, 2.05) is 7.11 Å². The van der Waals surface area contributed by atoms with Crippen LogP contribution in [0.15, 0.2) is 0 Å². The van der Waals surface area contributed by atoms with Crippen LogP contribution in [0, 0.1) is 5.92 Å². The van der Waals surface area contributed by atoms with Gasteiger partial charge in [-0.3, -0.25) is 4.90 Å². The van der Waals surface area contributed by atoms with Crippen molar-refractivity contribution in [1.29, 1.82) is 0 Å². The fourth-order valence-corrected chi connectivity index (χ4v) is 2.79. The van der Waals surface area contributed by atoms with Crippen LogP contribution in [0.1, 0.15) is 33.1 Å². The zero-order valence-corrected chi connectivity index (χ0v) is 10.9. The van der Waals surface area contributed by atoms with Gasteiger partial charge in [0, 0.05) is 25.7 Å². The van der Waals surface area contributed by atoms with Gasteiger partial charge >= 0.3 is 0 Å². The Labute approximate surface area is 99.5 Å². The van der Waals surface area contributed by atoms with Gasteiger partial charge in [0.1, 0.15) is 0 Å². The minimum atomic E-state index is 0.540. The van der Waals surface area contributed by atoms with Gasteiger partial charge in [0.15, 0.2) is 0 Å². The van der Waals surface area contributed by atoms with Gasteiger partial charge in [0.05, 0.1) is 6.10 Å². The molecule has 0 bridgehead atoms. The van der Waals surface area contributed by atoms with Crippen molar-refractivity contribution < 1.29 is 4.74 Å². The Morgan fingerprint density at radius 2 is 2.12 bits per heavy atom. The van der Waals surface area contributed by atoms with Crippen LogP contribution < -0.4 is 5.32 Å². The summed E-state index contributed by atoms with van der Waals surface area (Å²) in [5.74, 6) is 0.865. The van der Waals surface area contributed by atoms with E-state index >= 15 is 0 Å². The highest BCUT2D eigenvalue weighted by molar-refractivity contribution is 4.91. The highest BCUT2D eigenvalue weighted by Gasteiger charge is 2.36. The molecular formula is C13H26N2O. The summed E-state index contributed by atoms with van der Waals surface area (Å²) in [4.78, 5) is 2.67. The smallest absolute Gasteiger partial charge is 0.0601 e. The van der Waals surface area contributed by atoms with E-state index in [1.54, 1.807) is 0 Å². The quantitative estimate of drug-likeness (QED) is 0.768. The molecule has 2 fully saturated rings. The van der Waals surface area contributed by atoms with Gasteiger partial charge in [-0.25, -0.2) is 0 Å². The van der Waals surface area contributed by atoms with Gasteiger partial charge in [0.2, 0.25) is 0 Å². The van der Waals surface area contributed by atoms with Crippen LogP contribution in [0.5, 0.6) is 0 Å². The summed E-state index contributed by atoms with van der Waals surface area (Å²) in [6.07, 6.45) is 4.41. The van der Waals surface area contributed by atoms with Crippen molar-refractivity contribution >= 4 is 0 Å². The third-order valence-corrected chi connectivity index (χ3v) is 4.05. The first-order valence-corrected chi connectivity index (χ1v) is 6.69. The topological polar surface area (TPSA) is 24.5 Å². The Kier molecular flexibility index (Phi) is 4.22. The summed E-state index contributed by atoms with van der Waals surface area (Å²) in [7, 11) is 1.83. The molecule has 0 amide bonds. The van der Waals surface area contributed by atoms with Crippen LogP contribution in [0.25, 0.3) is 0 Å². The van der Waals surface area contributed by atoms with Crippen LogP contribution in [0.3, 0.4) is 0 Å². The number of ether oxygens (including phenoxy) is 1. The summed E-state index contributed by atoms with van der Waals surface area (Å²) in [6, 6.07) is 1.43. The van der Waals surface area contributed by atoms with Crippen LogP contribution in [-0.2, 0) is 4.74 Å². The van der Waals surface area contributed by atoms with E-state index < -0.39 is 0 Å². The lowest BCUT2D eigenvalue weighted by atomic mass is 9.88. The molecule has 16 heavy (non-hydrogen) atoms. The van der Waals surface area contributed by atoms with E-state index in [0.717, 1.165) is 12.0 Å². The molecular weight excluding hydrogens is 200 g/mol. The van der Waals surface area contributed by atoms with Crippen molar-refractivity contribution in [3.8, 4) is 0 Å². The van der Waals surface area contributed by atoms with Crippen molar-refractivity contribution in [3.05, 3.63) is 0 Å². The number of nitrogens with zero attached hydrogens (tertiary/aromatic N) is 1. The first-order valence-electron chi connectivity index (χ1n) is 6.69. The summed E-state index contributed by atoms with van der Waals surface area (Å²) >= 11 is 0. The summed E-state index contributed by atoms with van der Waals surface area (Å²) in [5.41, 5.74) is 0. The maximum atomic E-state index is 5.34. The van der Waals surface area contributed by atoms with E-state index in [4.69, 9.17) is 4.74 Å². The second kappa shape index (κ2) is 5.48. The van der Waals surface area contributed by atoms with Gasteiger partial charge in [-0.05, 0) is 38.3 Å². The average Bonchev–Trinajstić information content (AvgIpc) is 2.62. The van der Waals surface area contributed by atoms with Gasteiger partial charge in [0.25, 0.3) is 0 Å². The van der Waals surface area contributed by atoms with Gasteiger partial charge in [-0.15, -0.1) is 0 Å². The Hall–Kier alpha value is -0.120. The number of rotatable bonds is 5. The minimum absolute atomic E-state index is 0.540. The normalized spacial score (nSPS) is 35.6. The summed E-state index contributed by atoms with van der Waals surface area (Å²) in [6.45, 7) is 8.23.